The van der Waals surface area contributed by atoms with Crippen molar-refractivity contribution in [1.29, 1.82) is 0 Å². The highest BCUT2D eigenvalue weighted by Crippen LogP contribution is 2.13. The predicted octanol–water partition coefficient (Wildman–Crippen LogP) is 2.48. The molecule has 0 saturated heterocycles. The molecule has 0 fully saturated rings. The molecule has 0 saturated carbocycles. The van der Waals surface area contributed by atoms with Gasteiger partial charge in [-0.05, 0) is 44.6 Å². The van der Waals surface area contributed by atoms with Crippen LogP contribution in [0.25, 0.3) is 0 Å². The van der Waals surface area contributed by atoms with Crippen LogP contribution in [0, 0.1) is 11.8 Å². The summed E-state index contributed by atoms with van der Waals surface area (Å²) in [7, 11) is 0. The maximum Gasteiger partial charge on any atom is 0.0741 e. The van der Waals surface area contributed by atoms with Crippen LogP contribution in [0.4, 0.5) is 0 Å². The Morgan fingerprint density at radius 2 is 1.56 bits per heavy atom. The molecule has 0 heterocycles. The summed E-state index contributed by atoms with van der Waals surface area (Å²) in [5.74, 6) is 1.44. The highest BCUT2D eigenvalue weighted by molar-refractivity contribution is 4.73. The molecule has 0 aromatic heterocycles. The molecule has 3 heteroatoms. The molecule has 0 amide bonds. The zero-order valence-electron chi connectivity index (χ0n) is 13.1. The van der Waals surface area contributed by atoms with Crippen LogP contribution in [0.2, 0.25) is 0 Å². The van der Waals surface area contributed by atoms with E-state index in [0.717, 1.165) is 37.6 Å². The van der Waals surface area contributed by atoms with Crippen molar-refractivity contribution >= 4 is 0 Å². The molecule has 0 spiro atoms. The van der Waals surface area contributed by atoms with Crippen molar-refractivity contribution in [2.24, 2.45) is 17.6 Å². The summed E-state index contributed by atoms with van der Waals surface area (Å²) < 4.78 is 0. The van der Waals surface area contributed by atoms with Crippen LogP contribution in [0.15, 0.2) is 0 Å². The third-order valence-electron chi connectivity index (χ3n) is 3.13. The number of aliphatic hydroxyl groups is 1. The van der Waals surface area contributed by atoms with E-state index in [1.165, 1.54) is 13.1 Å². The zero-order valence-corrected chi connectivity index (χ0v) is 13.1. The Morgan fingerprint density at radius 1 is 1.06 bits per heavy atom. The summed E-state index contributed by atoms with van der Waals surface area (Å²) in [6.07, 6.45) is 3.01. The van der Waals surface area contributed by atoms with Gasteiger partial charge < -0.3 is 15.7 Å². The normalized spacial score (nSPS) is 15.7. The predicted molar refractivity (Wildman–Crippen MR) is 79.6 cm³/mol. The largest absolute Gasteiger partial charge is 0.389 e. The van der Waals surface area contributed by atoms with Crippen molar-refractivity contribution in [1.82, 2.24) is 4.90 Å². The lowest BCUT2D eigenvalue weighted by atomic mass is 9.99. The SMILES string of the molecule is CC(C)CN(CCCCC(C)(O)CN)CC(C)C. The first-order valence-electron chi connectivity index (χ1n) is 7.41. The topological polar surface area (TPSA) is 49.5 Å². The van der Waals surface area contributed by atoms with Gasteiger partial charge in [0.2, 0.25) is 0 Å². The van der Waals surface area contributed by atoms with Crippen molar-refractivity contribution in [2.75, 3.05) is 26.2 Å². The molecule has 110 valence electrons. The summed E-state index contributed by atoms with van der Waals surface area (Å²) in [6, 6.07) is 0. The van der Waals surface area contributed by atoms with Crippen LogP contribution in [-0.4, -0.2) is 41.8 Å². The average molecular weight is 258 g/mol. The fraction of sp³-hybridized carbons (Fsp3) is 1.00. The van der Waals surface area contributed by atoms with Gasteiger partial charge in [-0.3, -0.25) is 0 Å². The minimum Gasteiger partial charge on any atom is -0.389 e. The van der Waals surface area contributed by atoms with Gasteiger partial charge in [-0.1, -0.05) is 27.7 Å². The van der Waals surface area contributed by atoms with Crippen LogP contribution in [-0.2, 0) is 0 Å². The molecule has 1 unspecified atom stereocenters. The maximum absolute atomic E-state index is 9.84. The van der Waals surface area contributed by atoms with Crippen molar-refractivity contribution in [2.45, 2.75) is 59.5 Å². The van der Waals surface area contributed by atoms with Crippen molar-refractivity contribution in [3.63, 3.8) is 0 Å². The molecule has 0 aliphatic carbocycles. The molecule has 0 aromatic carbocycles. The molecule has 0 radical (unpaired) electrons. The molecule has 3 N–H and O–H groups in total. The van der Waals surface area contributed by atoms with Gasteiger partial charge in [0.15, 0.2) is 0 Å². The van der Waals surface area contributed by atoms with Crippen LogP contribution >= 0.6 is 0 Å². The van der Waals surface area contributed by atoms with E-state index in [-0.39, 0.29) is 0 Å². The number of rotatable bonds is 10. The fourth-order valence-corrected chi connectivity index (χ4v) is 2.23. The highest BCUT2D eigenvalue weighted by Gasteiger charge is 2.17. The summed E-state index contributed by atoms with van der Waals surface area (Å²) in [4.78, 5) is 2.55. The number of nitrogens with two attached hydrogens (primary N) is 1. The van der Waals surface area contributed by atoms with Crippen LogP contribution < -0.4 is 5.73 Å². The van der Waals surface area contributed by atoms with Crippen molar-refractivity contribution < 1.29 is 5.11 Å². The molecular formula is C15H34N2O. The Morgan fingerprint density at radius 3 is 1.94 bits per heavy atom. The van der Waals surface area contributed by atoms with E-state index in [1.807, 2.05) is 6.92 Å². The van der Waals surface area contributed by atoms with Gasteiger partial charge in [-0.15, -0.1) is 0 Å². The first-order chi connectivity index (χ1) is 8.26. The summed E-state index contributed by atoms with van der Waals surface area (Å²) in [5.41, 5.74) is 4.84. The van der Waals surface area contributed by atoms with E-state index in [0.29, 0.717) is 6.54 Å². The Balaban J connectivity index is 3.89. The number of nitrogens with zero attached hydrogens (tertiary/aromatic N) is 1. The minimum absolute atomic E-state index is 0.356. The number of hydrogen-bond donors (Lipinski definition) is 2. The molecule has 1 atom stereocenters. The van der Waals surface area contributed by atoms with E-state index >= 15 is 0 Å². The lowest BCUT2D eigenvalue weighted by Crippen LogP contribution is -2.35. The second-order valence-electron chi connectivity index (χ2n) is 6.71. The third-order valence-corrected chi connectivity index (χ3v) is 3.13. The van der Waals surface area contributed by atoms with Gasteiger partial charge in [0.05, 0.1) is 5.60 Å². The van der Waals surface area contributed by atoms with Crippen LogP contribution in [0.5, 0.6) is 0 Å². The average Bonchev–Trinajstić information content (AvgIpc) is 2.22. The molecule has 0 aliphatic heterocycles. The Labute approximate surface area is 114 Å². The summed E-state index contributed by atoms with van der Waals surface area (Å²) in [6.45, 7) is 14.7. The molecule has 18 heavy (non-hydrogen) atoms. The lowest BCUT2D eigenvalue weighted by molar-refractivity contribution is 0.0560. The van der Waals surface area contributed by atoms with Gasteiger partial charge in [-0.2, -0.15) is 0 Å². The lowest BCUT2D eigenvalue weighted by Gasteiger charge is -2.27. The molecule has 0 aromatic rings. The van der Waals surface area contributed by atoms with Crippen molar-refractivity contribution in [3.05, 3.63) is 0 Å². The Hall–Kier alpha value is -0.120. The van der Waals surface area contributed by atoms with E-state index in [4.69, 9.17) is 5.73 Å². The van der Waals surface area contributed by atoms with Gasteiger partial charge >= 0.3 is 0 Å². The van der Waals surface area contributed by atoms with E-state index < -0.39 is 5.60 Å². The first-order valence-corrected chi connectivity index (χ1v) is 7.41. The Bertz CT molecular complexity index is 193. The van der Waals surface area contributed by atoms with Crippen LogP contribution in [0.1, 0.15) is 53.9 Å². The fourth-order valence-electron chi connectivity index (χ4n) is 2.23. The Kier molecular flexibility index (Phi) is 8.83. The molecule has 0 aliphatic rings. The zero-order chi connectivity index (χ0) is 14.2. The summed E-state index contributed by atoms with van der Waals surface area (Å²) in [5, 5.41) is 9.84. The summed E-state index contributed by atoms with van der Waals surface area (Å²) >= 11 is 0. The molecule has 0 rings (SSSR count). The number of hydrogen-bond acceptors (Lipinski definition) is 3. The maximum atomic E-state index is 9.84. The highest BCUT2D eigenvalue weighted by atomic mass is 16.3. The van der Waals surface area contributed by atoms with E-state index in [9.17, 15) is 5.11 Å². The first kappa shape index (κ1) is 17.9. The van der Waals surface area contributed by atoms with E-state index in [1.54, 1.807) is 0 Å². The van der Waals surface area contributed by atoms with Crippen LogP contribution in [0.3, 0.4) is 0 Å². The van der Waals surface area contributed by atoms with Gasteiger partial charge in [0, 0.05) is 19.6 Å². The van der Waals surface area contributed by atoms with Gasteiger partial charge in [0.25, 0.3) is 0 Å². The molecular weight excluding hydrogens is 224 g/mol. The molecule has 3 nitrogen and oxygen atoms in total. The number of unbranched alkanes of at least 4 members (excludes halogenated alkanes) is 1. The monoisotopic (exact) mass is 258 g/mol. The second-order valence-corrected chi connectivity index (χ2v) is 6.71. The minimum atomic E-state index is -0.680. The second kappa shape index (κ2) is 8.89. The quantitative estimate of drug-likeness (QED) is 0.592. The third kappa shape index (κ3) is 9.86. The standard InChI is InChI=1S/C15H34N2O/c1-13(2)10-17(11-14(3)4)9-7-6-8-15(5,18)12-16/h13-14,18H,6-12,16H2,1-5H3. The van der Waals surface area contributed by atoms with Gasteiger partial charge in [0.1, 0.15) is 0 Å². The van der Waals surface area contributed by atoms with E-state index in [2.05, 4.69) is 32.6 Å². The van der Waals surface area contributed by atoms with Crippen molar-refractivity contribution in [3.8, 4) is 0 Å². The smallest absolute Gasteiger partial charge is 0.0741 e. The van der Waals surface area contributed by atoms with Gasteiger partial charge in [-0.25, -0.2) is 0 Å². The molecule has 0 bridgehead atoms.